The molecule has 6 nitrogen and oxygen atoms in total. The van der Waals surface area contributed by atoms with E-state index in [9.17, 15) is 0 Å². The monoisotopic (exact) mass is 183 g/mol. The first kappa shape index (κ1) is 7.93. The van der Waals surface area contributed by atoms with Crippen molar-refractivity contribution in [1.82, 2.24) is 4.98 Å². The van der Waals surface area contributed by atoms with Crippen LogP contribution in [-0.4, -0.2) is 23.2 Å². The highest BCUT2D eigenvalue weighted by atomic mass is 16.4. The molecule has 2 aromatic heterocycles. The average Bonchev–Trinajstić information content (AvgIpc) is 2.57. The molecule has 0 saturated heterocycles. The lowest BCUT2D eigenvalue weighted by atomic mass is 10.6. The van der Waals surface area contributed by atoms with Crippen molar-refractivity contribution < 1.29 is 13.9 Å². The van der Waals surface area contributed by atoms with Crippen molar-refractivity contribution in [1.29, 1.82) is 0 Å². The van der Waals surface area contributed by atoms with Crippen LogP contribution in [0.3, 0.4) is 0 Å². The molecule has 0 aliphatic heterocycles. The summed E-state index contributed by atoms with van der Waals surface area (Å²) in [6, 6.07) is 1.87. The quantitative estimate of drug-likeness (QED) is 0.637. The van der Waals surface area contributed by atoms with E-state index in [2.05, 4.69) is 10.3 Å². The fraction of sp³-hybridized carbons (Fsp3) is 0.286. The highest BCUT2D eigenvalue weighted by molar-refractivity contribution is 5.72. The number of nitrogens with two attached hydrogens (primary N) is 1. The summed E-state index contributed by atoms with van der Waals surface area (Å²) in [6.45, 7) is 0.407. The second kappa shape index (κ2) is 2.98. The van der Waals surface area contributed by atoms with Crippen molar-refractivity contribution in [3.05, 3.63) is 6.07 Å². The Bertz CT molecular complexity index is 374. The largest absolute Gasteiger partial charge is 0.420 e. The lowest BCUT2D eigenvalue weighted by molar-refractivity contribution is 0.310. The molecular weight excluding hydrogens is 174 g/mol. The lowest BCUT2D eigenvalue weighted by Gasteiger charge is -1.94. The van der Waals surface area contributed by atoms with Crippen molar-refractivity contribution in [2.24, 2.45) is 0 Å². The van der Waals surface area contributed by atoms with Gasteiger partial charge in [-0.3, -0.25) is 0 Å². The number of nitrogens with zero attached hydrogens (tertiary/aromatic N) is 1. The second-order valence-electron chi connectivity index (χ2n) is 2.49. The molecule has 0 aliphatic rings. The summed E-state index contributed by atoms with van der Waals surface area (Å²) in [6.07, 6.45) is 0. The van der Waals surface area contributed by atoms with Gasteiger partial charge in [-0.1, -0.05) is 0 Å². The number of aliphatic hydroxyl groups is 1. The van der Waals surface area contributed by atoms with Gasteiger partial charge >= 0.3 is 0 Å². The number of hydrogen-bond donors (Lipinski definition) is 3. The number of fused-ring (bicyclic) bond motifs is 1. The summed E-state index contributed by atoms with van der Waals surface area (Å²) in [4.78, 5) is 3.94. The van der Waals surface area contributed by atoms with Crippen LogP contribution in [0.2, 0.25) is 0 Å². The van der Waals surface area contributed by atoms with Crippen LogP contribution in [0.15, 0.2) is 14.9 Å². The molecule has 0 atom stereocenters. The molecule has 0 bridgehead atoms. The third-order valence-electron chi connectivity index (χ3n) is 1.50. The predicted octanol–water partition coefficient (Wildman–Crippen LogP) is 0.407. The summed E-state index contributed by atoms with van der Waals surface area (Å²) in [7, 11) is 0. The van der Waals surface area contributed by atoms with Crippen LogP contribution in [0, 0.1) is 0 Å². The Balaban J connectivity index is 2.24. The van der Waals surface area contributed by atoms with Gasteiger partial charge in [0.2, 0.25) is 0 Å². The molecule has 0 saturated carbocycles. The molecular formula is C7H9N3O3. The van der Waals surface area contributed by atoms with Gasteiger partial charge < -0.3 is 25.0 Å². The van der Waals surface area contributed by atoms with Crippen molar-refractivity contribution in [2.45, 2.75) is 0 Å². The third kappa shape index (κ3) is 1.43. The highest BCUT2D eigenvalue weighted by Crippen LogP contribution is 2.23. The Morgan fingerprint density at radius 1 is 1.54 bits per heavy atom. The maximum Gasteiger partial charge on any atom is 0.298 e. The molecule has 0 unspecified atom stereocenters. The van der Waals surface area contributed by atoms with Crippen LogP contribution in [0.5, 0.6) is 0 Å². The normalized spacial score (nSPS) is 10.8. The number of oxazole rings is 1. The van der Waals surface area contributed by atoms with E-state index in [1.54, 1.807) is 6.07 Å². The SMILES string of the molecule is Nc1cc2oc(NCCO)nc2o1. The molecule has 2 aromatic rings. The topological polar surface area (TPSA) is 97.5 Å². The third-order valence-corrected chi connectivity index (χ3v) is 1.50. The van der Waals surface area contributed by atoms with E-state index in [0.717, 1.165) is 0 Å². The van der Waals surface area contributed by atoms with E-state index in [0.29, 0.717) is 23.9 Å². The molecule has 2 heterocycles. The van der Waals surface area contributed by atoms with Crippen molar-refractivity contribution in [3.63, 3.8) is 0 Å². The number of aromatic nitrogens is 1. The molecule has 2 rings (SSSR count). The molecule has 6 heteroatoms. The maximum atomic E-state index is 8.52. The minimum Gasteiger partial charge on any atom is -0.420 e. The van der Waals surface area contributed by atoms with Gasteiger partial charge in [0, 0.05) is 12.6 Å². The highest BCUT2D eigenvalue weighted by Gasteiger charge is 2.09. The first-order chi connectivity index (χ1) is 6.29. The fourth-order valence-corrected chi connectivity index (χ4v) is 0.991. The number of furan rings is 1. The van der Waals surface area contributed by atoms with Crippen LogP contribution in [0.25, 0.3) is 11.3 Å². The van der Waals surface area contributed by atoms with E-state index in [1.165, 1.54) is 0 Å². The Hall–Kier alpha value is -1.69. The minimum absolute atomic E-state index is 0.0197. The van der Waals surface area contributed by atoms with E-state index in [1.807, 2.05) is 0 Å². The zero-order chi connectivity index (χ0) is 9.26. The van der Waals surface area contributed by atoms with E-state index in [-0.39, 0.29) is 12.5 Å². The van der Waals surface area contributed by atoms with E-state index in [4.69, 9.17) is 19.7 Å². The van der Waals surface area contributed by atoms with Gasteiger partial charge in [-0.15, -0.1) is 0 Å². The van der Waals surface area contributed by atoms with E-state index >= 15 is 0 Å². The molecule has 0 spiro atoms. The zero-order valence-electron chi connectivity index (χ0n) is 6.78. The average molecular weight is 183 g/mol. The van der Waals surface area contributed by atoms with Gasteiger partial charge in [0.05, 0.1) is 6.61 Å². The summed E-state index contributed by atoms with van der Waals surface area (Å²) in [5, 5.41) is 11.3. The Morgan fingerprint density at radius 2 is 2.38 bits per heavy atom. The second-order valence-corrected chi connectivity index (χ2v) is 2.49. The van der Waals surface area contributed by atoms with Crippen molar-refractivity contribution >= 4 is 23.2 Å². The summed E-state index contributed by atoms with van der Waals surface area (Å²) in [5.74, 6) is 0.273. The number of rotatable bonds is 3. The minimum atomic E-state index is 0.0197. The molecule has 0 aliphatic carbocycles. The van der Waals surface area contributed by atoms with Crippen LogP contribution in [0.1, 0.15) is 0 Å². The fourth-order valence-electron chi connectivity index (χ4n) is 0.991. The predicted molar refractivity (Wildman–Crippen MR) is 46.3 cm³/mol. The Labute approximate surface area is 73.3 Å². The lowest BCUT2D eigenvalue weighted by Crippen LogP contribution is -2.05. The van der Waals surface area contributed by atoms with Crippen molar-refractivity contribution in [3.8, 4) is 0 Å². The zero-order valence-corrected chi connectivity index (χ0v) is 6.78. The number of hydrogen-bond acceptors (Lipinski definition) is 6. The van der Waals surface area contributed by atoms with Gasteiger partial charge in [0.25, 0.3) is 11.7 Å². The molecule has 13 heavy (non-hydrogen) atoms. The number of anilines is 2. The first-order valence-electron chi connectivity index (χ1n) is 3.80. The van der Waals surface area contributed by atoms with Gasteiger partial charge in [-0.2, -0.15) is 4.98 Å². The van der Waals surface area contributed by atoms with Crippen LogP contribution in [-0.2, 0) is 0 Å². The Morgan fingerprint density at radius 3 is 3.08 bits per heavy atom. The Kier molecular flexibility index (Phi) is 1.82. The molecule has 0 fully saturated rings. The molecule has 0 aromatic carbocycles. The maximum absolute atomic E-state index is 8.52. The van der Waals surface area contributed by atoms with Crippen molar-refractivity contribution in [2.75, 3.05) is 24.2 Å². The van der Waals surface area contributed by atoms with E-state index < -0.39 is 0 Å². The van der Waals surface area contributed by atoms with Crippen LogP contribution in [0.4, 0.5) is 11.9 Å². The van der Waals surface area contributed by atoms with Gasteiger partial charge in [-0.05, 0) is 0 Å². The molecule has 0 radical (unpaired) electrons. The van der Waals surface area contributed by atoms with Crippen LogP contribution >= 0.6 is 0 Å². The van der Waals surface area contributed by atoms with Gasteiger partial charge in [0.1, 0.15) is 0 Å². The van der Waals surface area contributed by atoms with Crippen LogP contribution < -0.4 is 11.1 Å². The van der Waals surface area contributed by atoms with Gasteiger partial charge in [0.15, 0.2) is 11.5 Å². The summed E-state index contributed by atoms with van der Waals surface area (Å²) >= 11 is 0. The van der Waals surface area contributed by atoms with Gasteiger partial charge in [-0.25, -0.2) is 0 Å². The number of nitrogen functional groups attached to an aromatic ring is 1. The molecule has 70 valence electrons. The summed E-state index contributed by atoms with van der Waals surface area (Å²) < 4.78 is 10.2. The molecule has 4 N–H and O–H groups in total. The summed E-state index contributed by atoms with van der Waals surface area (Å²) in [5.41, 5.74) is 6.22. The standard InChI is InChI=1S/C7H9N3O3/c8-5-3-4-6(13-5)10-7(12-4)9-1-2-11/h3,11H,1-2,8H2,(H,9,10). The number of nitrogens with one attached hydrogen (secondary N) is 1. The molecule has 0 amide bonds. The number of aliphatic hydroxyl groups excluding tert-OH is 1. The first-order valence-corrected chi connectivity index (χ1v) is 3.80. The smallest absolute Gasteiger partial charge is 0.298 e.